The van der Waals surface area contributed by atoms with E-state index in [2.05, 4.69) is 46.7 Å². The first kappa shape index (κ1) is 16.3. The van der Waals surface area contributed by atoms with Gasteiger partial charge < -0.3 is 20.3 Å². The molecule has 2 heterocycles. The van der Waals surface area contributed by atoms with Crippen LogP contribution in [0.15, 0.2) is 24.3 Å². The Bertz CT molecular complexity index is 555. The number of methoxy groups -OCH3 is 1. The Kier molecular flexibility index (Phi) is 4.87. The van der Waals surface area contributed by atoms with Crippen molar-refractivity contribution in [2.75, 3.05) is 38.2 Å². The summed E-state index contributed by atoms with van der Waals surface area (Å²) in [6, 6.07) is 9.02. The maximum absolute atomic E-state index is 12.6. The van der Waals surface area contributed by atoms with Crippen LogP contribution in [0.4, 0.5) is 5.69 Å². The molecule has 126 valence electrons. The highest BCUT2D eigenvalue weighted by Gasteiger charge is 2.39. The molecule has 2 aliphatic rings. The van der Waals surface area contributed by atoms with Crippen LogP contribution in [-0.4, -0.2) is 50.8 Å². The van der Waals surface area contributed by atoms with Crippen molar-refractivity contribution in [2.45, 2.75) is 37.8 Å². The molecule has 0 bridgehead atoms. The number of anilines is 1. The molecule has 0 radical (unpaired) electrons. The molecule has 23 heavy (non-hydrogen) atoms. The number of hydrogen-bond donors (Lipinski definition) is 2. The molecule has 5 nitrogen and oxygen atoms in total. The molecule has 0 spiro atoms. The average Bonchev–Trinajstić information content (AvgIpc) is 2.91. The lowest BCUT2D eigenvalue weighted by Gasteiger charge is -2.35. The highest BCUT2D eigenvalue weighted by molar-refractivity contribution is 5.85. The second kappa shape index (κ2) is 6.89. The summed E-state index contributed by atoms with van der Waals surface area (Å²) in [6.45, 7) is 5.39. The largest absolute Gasteiger partial charge is 0.368 e. The van der Waals surface area contributed by atoms with E-state index in [1.807, 2.05) is 0 Å². The molecular weight excluding hydrogens is 290 g/mol. The van der Waals surface area contributed by atoms with Crippen LogP contribution < -0.4 is 15.5 Å². The fourth-order valence-electron chi connectivity index (χ4n) is 3.78. The first-order valence-electron chi connectivity index (χ1n) is 8.55. The number of hydrogen-bond acceptors (Lipinski definition) is 4. The van der Waals surface area contributed by atoms with Crippen LogP contribution >= 0.6 is 0 Å². The van der Waals surface area contributed by atoms with Crippen LogP contribution in [0, 0.1) is 0 Å². The summed E-state index contributed by atoms with van der Waals surface area (Å²) in [6.07, 6.45) is 2.55. The van der Waals surface area contributed by atoms with E-state index in [9.17, 15) is 4.79 Å². The topological polar surface area (TPSA) is 53.6 Å². The molecule has 1 unspecified atom stereocenters. The number of amides is 1. The third-order valence-corrected chi connectivity index (χ3v) is 5.20. The zero-order valence-electron chi connectivity index (χ0n) is 14.1. The van der Waals surface area contributed by atoms with Gasteiger partial charge in [-0.2, -0.15) is 0 Å². The lowest BCUT2D eigenvalue weighted by Crippen LogP contribution is -2.55. The Morgan fingerprint density at radius 2 is 2.13 bits per heavy atom. The van der Waals surface area contributed by atoms with Gasteiger partial charge in [-0.15, -0.1) is 0 Å². The Hall–Kier alpha value is -1.59. The van der Waals surface area contributed by atoms with Crippen molar-refractivity contribution in [2.24, 2.45) is 0 Å². The SMILES string of the molecule is COC1(C(=O)NCCN2c3ccccc3CC2C)CCNCC1. The van der Waals surface area contributed by atoms with Gasteiger partial charge in [-0.05, 0) is 50.9 Å². The second-order valence-corrected chi connectivity index (χ2v) is 6.58. The van der Waals surface area contributed by atoms with E-state index in [1.54, 1.807) is 7.11 Å². The number of piperidine rings is 1. The van der Waals surface area contributed by atoms with Crippen molar-refractivity contribution in [1.82, 2.24) is 10.6 Å². The quantitative estimate of drug-likeness (QED) is 0.860. The standard InChI is InChI=1S/C18H27N3O2/c1-14-13-15-5-3-4-6-16(15)21(14)12-11-20-17(22)18(23-2)7-9-19-10-8-18/h3-6,14,19H,7-13H2,1-2H3,(H,20,22). The molecule has 5 heteroatoms. The van der Waals surface area contributed by atoms with Crippen molar-refractivity contribution in [1.29, 1.82) is 0 Å². The van der Waals surface area contributed by atoms with Crippen LogP contribution in [0.25, 0.3) is 0 Å². The predicted octanol–water partition coefficient (Wildman–Crippen LogP) is 1.32. The number of benzene rings is 1. The summed E-state index contributed by atoms with van der Waals surface area (Å²) in [4.78, 5) is 15.0. The van der Waals surface area contributed by atoms with Crippen molar-refractivity contribution >= 4 is 11.6 Å². The number of carbonyl (C=O) groups is 1. The minimum absolute atomic E-state index is 0.0293. The molecule has 1 atom stereocenters. The molecule has 1 aromatic rings. The van der Waals surface area contributed by atoms with E-state index in [-0.39, 0.29) is 5.91 Å². The maximum Gasteiger partial charge on any atom is 0.252 e. The summed E-state index contributed by atoms with van der Waals surface area (Å²) in [5, 5.41) is 6.37. The van der Waals surface area contributed by atoms with Crippen LogP contribution in [0.2, 0.25) is 0 Å². The first-order valence-corrected chi connectivity index (χ1v) is 8.55. The fourth-order valence-corrected chi connectivity index (χ4v) is 3.78. The molecule has 0 aliphatic carbocycles. The number of nitrogens with zero attached hydrogens (tertiary/aromatic N) is 1. The van der Waals surface area contributed by atoms with Gasteiger partial charge in [0.25, 0.3) is 5.91 Å². The van der Waals surface area contributed by atoms with Gasteiger partial charge in [-0.1, -0.05) is 18.2 Å². The predicted molar refractivity (Wildman–Crippen MR) is 91.8 cm³/mol. The minimum Gasteiger partial charge on any atom is -0.368 e. The van der Waals surface area contributed by atoms with Gasteiger partial charge in [0.1, 0.15) is 5.60 Å². The zero-order valence-corrected chi connectivity index (χ0v) is 14.1. The van der Waals surface area contributed by atoms with E-state index >= 15 is 0 Å². The Morgan fingerprint density at radius 3 is 2.87 bits per heavy atom. The average molecular weight is 317 g/mol. The van der Waals surface area contributed by atoms with Crippen LogP contribution in [-0.2, 0) is 16.0 Å². The number of rotatable bonds is 5. The number of para-hydroxylation sites is 1. The van der Waals surface area contributed by atoms with Gasteiger partial charge in [-0.25, -0.2) is 0 Å². The molecule has 0 aromatic heterocycles. The molecule has 2 N–H and O–H groups in total. The number of carbonyl (C=O) groups excluding carboxylic acids is 1. The van der Waals surface area contributed by atoms with Crippen LogP contribution in [0.3, 0.4) is 0 Å². The third kappa shape index (κ3) is 3.21. The second-order valence-electron chi connectivity index (χ2n) is 6.58. The Labute approximate surface area is 138 Å². The highest BCUT2D eigenvalue weighted by Crippen LogP contribution is 2.31. The Morgan fingerprint density at radius 1 is 1.39 bits per heavy atom. The van der Waals surface area contributed by atoms with Crippen molar-refractivity contribution in [3.63, 3.8) is 0 Å². The molecule has 1 amide bonds. The normalized spacial score (nSPS) is 22.7. The molecular formula is C18H27N3O2. The Balaban J connectivity index is 1.56. The van der Waals surface area contributed by atoms with Crippen molar-refractivity contribution < 1.29 is 9.53 Å². The minimum atomic E-state index is -0.653. The van der Waals surface area contributed by atoms with Crippen LogP contribution in [0.1, 0.15) is 25.3 Å². The summed E-state index contributed by atoms with van der Waals surface area (Å²) in [5.74, 6) is 0.0293. The van der Waals surface area contributed by atoms with Gasteiger partial charge in [0.2, 0.25) is 0 Å². The molecule has 1 fully saturated rings. The van der Waals surface area contributed by atoms with Gasteiger partial charge in [0.05, 0.1) is 0 Å². The van der Waals surface area contributed by atoms with E-state index in [0.29, 0.717) is 12.6 Å². The van der Waals surface area contributed by atoms with Gasteiger partial charge in [0.15, 0.2) is 0 Å². The molecule has 1 aromatic carbocycles. The van der Waals surface area contributed by atoms with E-state index in [1.165, 1.54) is 11.3 Å². The lowest BCUT2D eigenvalue weighted by atomic mass is 9.91. The number of nitrogens with one attached hydrogen (secondary N) is 2. The van der Waals surface area contributed by atoms with Gasteiger partial charge in [-0.3, -0.25) is 4.79 Å². The maximum atomic E-state index is 12.6. The molecule has 0 saturated carbocycles. The number of fused-ring (bicyclic) bond motifs is 1. The van der Waals surface area contributed by atoms with Crippen molar-refractivity contribution in [3.8, 4) is 0 Å². The molecule has 3 rings (SSSR count). The van der Waals surface area contributed by atoms with E-state index in [4.69, 9.17) is 4.74 Å². The van der Waals surface area contributed by atoms with Crippen molar-refractivity contribution in [3.05, 3.63) is 29.8 Å². The summed E-state index contributed by atoms with van der Waals surface area (Å²) in [5.41, 5.74) is 2.05. The summed E-state index contributed by atoms with van der Waals surface area (Å²) in [7, 11) is 1.64. The molecule has 2 aliphatic heterocycles. The third-order valence-electron chi connectivity index (χ3n) is 5.20. The van der Waals surface area contributed by atoms with E-state index in [0.717, 1.165) is 38.9 Å². The van der Waals surface area contributed by atoms with Gasteiger partial charge >= 0.3 is 0 Å². The fraction of sp³-hybridized carbons (Fsp3) is 0.611. The van der Waals surface area contributed by atoms with E-state index < -0.39 is 5.60 Å². The first-order chi connectivity index (χ1) is 11.2. The summed E-state index contributed by atoms with van der Waals surface area (Å²) < 4.78 is 5.57. The smallest absolute Gasteiger partial charge is 0.252 e. The zero-order chi connectivity index (χ0) is 16.3. The number of ether oxygens (including phenoxy) is 1. The van der Waals surface area contributed by atoms with Crippen LogP contribution in [0.5, 0.6) is 0 Å². The lowest BCUT2D eigenvalue weighted by molar-refractivity contribution is -0.146. The summed E-state index contributed by atoms with van der Waals surface area (Å²) >= 11 is 0. The molecule has 1 saturated heterocycles. The highest BCUT2D eigenvalue weighted by atomic mass is 16.5. The van der Waals surface area contributed by atoms with Gasteiger partial charge in [0, 0.05) is 31.9 Å². The monoisotopic (exact) mass is 317 g/mol.